The van der Waals surface area contributed by atoms with Gasteiger partial charge in [-0.1, -0.05) is 42.3 Å². The minimum atomic E-state index is -0.797. The van der Waals surface area contributed by atoms with Gasteiger partial charge in [0.05, 0.1) is 10.0 Å². The van der Waals surface area contributed by atoms with Crippen LogP contribution in [0.15, 0.2) is 18.2 Å². The molecule has 1 N–H and O–H groups in total. The molecule has 1 saturated heterocycles. The van der Waals surface area contributed by atoms with Crippen LogP contribution in [0.5, 0.6) is 0 Å². The fraction of sp³-hybridized carbons (Fsp3) is 0.500. The molecule has 1 aromatic rings. The molecule has 1 fully saturated rings. The third-order valence-electron chi connectivity index (χ3n) is 2.89. The van der Waals surface area contributed by atoms with Crippen LogP contribution in [0.4, 0.5) is 0 Å². The first-order chi connectivity index (χ1) is 8.08. The van der Waals surface area contributed by atoms with Gasteiger partial charge in [-0.2, -0.15) is 0 Å². The Kier molecular flexibility index (Phi) is 4.47. The summed E-state index contributed by atoms with van der Waals surface area (Å²) in [5, 5.41) is 4.53. The van der Waals surface area contributed by atoms with Crippen molar-refractivity contribution in [2.24, 2.45) is 5.92 Å². The van der Waals surface area contributed by atoms with Gasteiger partial charge in [0.2, 0.25) is 0 Å². The number of hydrogen-bond donors (Lipinski definition) is 1. The Morgan fingerprint density at radius 2 is 2.12 bits per heavy atom. The van der Waals surface area contributed by atoms with Crippen molar-refractivity contribution >= 4 is 34.0 Å². The molecule has 0 radical (unpaired) electrons. The van der Waals surface area contributed by atoms with E-state index in [0.717, 1.165) is 17.9 Å². The first-order valence-corrected chi connectivity index (χ1v) is 7.84. The van der Waals surface area contributed by atoms with E-state index in [2.05, 4.69) is 12.2 Å². The molecule has 1 aromatic carbocycles. The summed E-state index contributed by atoms with van der Waals surface area (Å²) in [7, 11) is -0.797. The van der Waals surface area contributed by atoms with Gasteiger partial charge in [-0.25, -0.2) is 0 Å². The topological polar surface area (TPSA) is 29.1 Å². The van der Waals surface area contributed by atoms with Gasteiger partial charge in [0.25, 0.3) is 0 Å². The Hall–Kier alpha value is -0.0900. The number of halogens is 2. The first kappa shape index (κ1) is 13.3. The SMILES string of the molecule is CC1CNC(c2cccc(Cl)c2Cl)CS(=O)C1. The maximum atomic E-state index is 11.9. The van der Waals surface area contributed by atoms with Gasteiger partial charge >= 0.3 is 0 Å². The lowest BCUT2D eigenvalue weighted by Crippen LogP contribution is -2.26. The fourth-order valence-corrected chi connectivity index (χ4v) is 4.02. The molecule has 0 saturated carbocycles. The lowest BCUT2D eigenvalue weighted by atomic mass is 10.1. The molecule has 1 aliphatic heterocycles. The van der Waals surface area contributed by atoms with Gasteiger partial charge in [0.1, 0.15) is 0 Å². The summed E-state index contributed by atoms with van der Waals surface area (Å²) < 4.78 is 11.9. The third kappa shape index (κ3) is 3.22. The summed E-state index contributed by atoms with van der Waals surface area (Å²) in [6.07, 6.45) is 0. The van der Waals surface area contributed by atoms with Crippen LogP contribution in [0, 0.1) is 5.92 Å². The van der Waals surface area contributed by atoms with E-state index in [9.17, 15) is 4.21 Å². The highest BCUT2D eigenvalue weighted by Crippen LogP contribution is 2.31. The molecular formula is C12H15Cl2NOS. The summed E-state index contributed by atoms with van der Waals surface area (Å²) in [6.45, 7) is 2.96. The monoisotopic (exact) mass is 291 g/mol. The van der Waals surface area contributed by atoms with Crippen LogP contribution in [0.25, 0.3) is 0 Å². The standard InChI is InChI=1S/C12H15Cl2NOS/c1-8-5-15-11(7-17(16)6-8)9-3-2-4-10(13)12(9)14/h2-4,8,11,15H,5-7H2,1H3. The zero-order valence-electron chi connectivity index (χ0n) is 9.58. The highest BCUT2D eigenvalue weighted by Gasteiger charge is 2.23. The second kappa shape index (κ2) is 5.70. The number of rotatable bonds is 1. The van der Waals surface area contributed by atoms with Crippen molar-refractivity contribution in [2.45, 2.75) is 13.0 Å². The Morgan fingerprint density at radius 3 is 2.88 bits per heavy atom. The molecule has 0 aromatic heterocycles. The maximum absolute atomic E-state index is 11.9. The fourth-order valence-electron chi connectivity index (χ4n) is 2.02. The zero-order chi connectivity index (χ0) is 12.4. The van der Waals surface area contributed by atoms with Gasteiger partial charge in [0, 0.05) is 28.3 Å². The van der Waals surface area contributed by atoms with Crippen molar-refractivity contribution in [1.82, 2.24) is 5.32 Å². The minimum Gasteiger partial charge on any atom is -0.309 e. The van der Waals surface area contributed by atoms with Gasteiger partial charge < -0.3 is 5.32 Å². The highest BCUT2D eigenvalue weighted by molar-refractivity contribution is 7.85. The van der Waals surface area contributed by atoms with E-state index in [1.807, 2.05) is 12.1 Å². The third-order valence-corrected chi connectivity index (χ3v) is 5.37. The number of hydrogen-bond acceptors (Lipinski definition) is 2. The normalized spacial score (nSPS) is 29.9. The lowest BCUT2D eigenvalue weighted by Gasteiger charge is -2.18. The van der Waals surface area contributed by atoms with Crippen LogP contribution in [-0.4, -0.2) is 22.3 Å². The molecule has 0 aliphatic carbocycles. The molecule has 1 aliphatic rings. The van der Waals surface area contributed by atoms with Crippen LogP contribution < -0.4 is 5.32 Å². The van der Waals surface area contributed by atoms with E-state index in [1.165, 1.54) is 0 Å². The summed E-state index contributed by atoms with van der Waals surface area (Å²) >= 11 is 12.2. The van der Waals surface area contributed by atoms with Crippen LogP contribution in [-0.2, 0) is 10.8 Å². The number of benzene rings is 1. The van der Waals surface area contributed by atoms with Crippen LogP contribution in [0.2, 0.25) is 10.0 Å². The Morgan fingerprint density at radius 1 is 1.35 bits per heavy atom. The molecule has 3 unspecified atom stereocenters. The predicted octanol–water partition coefficient (Wildman–Crippen LogP) is 3.02. The molecule has 2 nitrogen and oxygen atoms in total. The quantitative estimate of drug-likeness (QED) is 0.862. The van der Waals surface area contributed by atoms with Gasteiger partial charge in [-0.05, 0) is 24.1 Å². The number of nitrogens with one attached hydrogen (secondary N) is 1. The predicted molar refractivity (Wildman–Crippen MR) is 74.2 cm³/mol. The van der Waals surface area contributed by atoms with E-state index in [1.54, 1.807) is 6.07 Å². The summed E-state index contributed by atoms with van der Waals surface area (Å²) in [5.41, 5.74) is 0.946. The second-order valence-corrected chi connectivity index (χ2v) is 6.81. The Labute approximate surface area is 114 Å². The Bertz CT molecular complexity index is 439. The zero-order valence-corrected chi connectivity index (χ0v) is 11.9. The minimum absolute atomic E-state index is 0.0342. The summed E-state index contributed by atoms with van der Waals surface area (Å²) in [4.78, 5) is 0. The largest absolute Gasteiger partial charge is 0.309 e. The van der Waals surface area contributed by atoms with Crippen molar-refractivity contribution in [3.8, 4) is 0 Å². The van der Waals surface area contributed by atoms with Gasteiger partial charge in [-0.15, -0.1) is 0 Å². The molecule has 1 heterocycles. The Balaban J connectivity index is 2.27. The van der Waals surface area contributed by atoms with E-state index in [-0.39, 0.29) is 6.04 Å². The molecule has 2 rings (SSSR count). The van der Waals surface area contributed by atoms with Crippen molar-refractivity contribution in [2.75, 3.05) is 18.1 Å². The molecule has 0 amide bonds. The van der Waals surface area contributed by atoms with Crippen molar-refractivity contribution < 1.29 is 4.21 Å². The van der Waals surface area contributed by atoms with Crippen molar-refractivity contribution in [1.29, 1.82) is 0 Å². The van der Waals surface area contributed by atoms with E-state index in [0.29, 0.717) is 21.7 Å². The summed E-state index contributed by atoms with van der Waals surface area (Å²) in [6, 6.07) is 5.62. The molecule has 3 atom stereocenters. The molecule has 94 valence electrons. The van der Waals surface area contributed by atoms with E-state index < -0.39 is 10.8 Å². The average molecular weight is 292 g/mol. The molecule has 0 spiro atoms. The molecule has 5 heteroatoms. The highest BCUT2D eigenvalue weighted by atomic mass is 35.5. The lowest BCUT2D eigenvalue weighted by molar-refractivity contribution is 0.518. The van der Waals surface area contributed by atoms with Crippen molar-refractivity contribution in [3.63, 3.8) is 0 Å². The van der Waals surface area contributed by atoms with Crippen molar-refractivity contribution in [3.05, 3.63) is 33.8 Å². The average Bonchev–Trinajstić information content (AvgIpc) is 2.43. The molecule has 17 heavy (non-hydrogen) atoms. The van der Waals surface area contributed by atoms with E-state index in [4.69, 9.17) is 23.2 Å². The second-order valence-electron chi connectivity index (χ2n) is 4.48. The van der Waals surface area contributed by atoms with Crippen LogP contribution in [0.3, 0.4) is 0 Å². The van der Waals surface area contributed by atoms with Gasteiger partial charge in [0.15, 0.2) is 0 Å². The molecule has 0 bridgehead atoms. The van der Waals surface area contributed by atoms with Crippen LogP contribution in [0.1, 0.15) is 18.5 Å². The molecular weight excluding hydrogens is 277 g/mol. The first-order valence-electron chi connectivity index (χ1n) is 5.60. The smallest absolute Gasteiger partial charge is 0.0640 e. The van der Waals surface area contributed by atoms with Crippen LogP contribution >= 0.6 is 23.2 Å². The summed E-state index contributed by atoms with van der Waals surface area (Å²) in [5.74, 6) is 1.78. The van der Waals surface area contributed by atoms with E-state index >= 15 is 0 Å². The van der Waals surface area contributed by atoms with Gasteiger partial charge in [-0.3, -0.25) is 4.21 Å². The maximum Gasteiger partial charge on any atom is 0.0640 e.